The van der Waals surface area contributed by atoms with E-state index in [9.17, 15) is 77.3 Å². The molecular weight excluding hydrogens is 1580 g/mol. The van der Waals surface area contributed by atoms with Gasteiger partial charge in [-0.15, -0.1) is 0 Å². The summed E-state index contributed by atoms with van der Waals surface area (Å²) in [5, 5.41) is 49.4. The molecule has 0 radical (unpaired) electrons. The normalized spacial score (nSPS) is 15.0. The Morgan fingerprint density at radius 3 is 1.61 bits per heavy atom. The molecule has 4 aromatic rings. The molecule has 0 saturated heterocycles. The Morgan fingerprint density at radius 2 is 1.07 bits per heavy atom. The highest BCUT2D eigenvalue weighted by Crippen LogP contribution is 2.41. The van der Waals surface area contributed by atoms with Crippen molar-refractivity contribution < 1.29 is 81.7 Å². The minimum absolute atomic E-state index is 0.00177. The van der Waals surface area contributed by atoms with E-state index in [1.165, 1.54) is 35.9 Å². The number of likely N-dealkylation sites (N-methyl/N-ethyl adjacent to an activating group) is 1. The summed E-state index contributed by atoms with van der Waals surface area (Å²) >= 11 is 0. The number of aromatic nitrogens is 1. The van der Waals surface area contributed by atoms with E-state index < -0.39 is 149 Å². The number of benzene rings is 3. The van der Waals surface area contributed by atoms with Crippen LogP contribution in [0.25, 0.3) is 11.6 Å². The number of nitrogens with one attached hydrogen (secondary N) is 12. The van der Waals surface area contributed by atoms with Crippen LogP contribution in [0, 0.1) is 32.5 Å². The molecule has 654 valence electrons. The highest BCUT2D eigenvalue weighted by Gasteiger charge is 2.41. The van der Waals surface area contributed by atoms with Gasteiger partial charge in [-0.05, 0) is 178 Å². The summed E-state index contributed by atoms with van der Waals surface area (Å²) in [5.74, 6) is -12.6. The number of amides is 14. The maximum Gasteiger partial charge on any atom is 0.266 e. The van der Waals surface area contributed by atoms with Crippen LogP contribution in [0.15, 0.2) is 66.7 Å². The van der Waals surface area contributed by atoms with Crippen LogP contribution in [0.4, 0.5) is 10.1 Å². The Balaban J connectivity index is 1.29. The molecule has 0 unspecified atom stereocenters. The number of aliphatic hydroxyl groups is 2. The summed E-state index contributed by atoms with van der Waals surface area (Å²) in [6, 6.07) is 3.94. The topological polar surface area (TPSA) is 590 Å². The highest BCUT2D eigenvalue weighted by molar-refractivity contribution is 8.76. The number of aromatic amines is 1. The van der Waals surface area contributed by atoms with Crippen LogP contribution >= 0.6 is 21.6 Å². The van der Waals surface area contributed by atoms with Crippen LogP contribution in [0.3, 0.4) is 0 Å². The second kappa shape index (κ2) is 50.0. The van der Waals surface area contributed by atoms with Gasteiger partial charge in [0.2, 0.25) is 65.0 Å². The molecule has 119 heavy (non-hydrogen) atoms. The standard InChI is InChI=1S/C80H119FN20O16S2/c1-10-100(11-2)35-34-89-77(114)67-46(7)60(90-47(67)8)40-53-52-39-51(81)20-21-63(52)101(79(53)116)80(117)66-44(5)16-15-19-50(66)41-118-119-42-65(105)91-55(23-29-83)74(111)99-68(48(9)103)78(115)96-58(26-32-86)71(108)95-59(27-33-88-64(104)37-45(6)102)73(110)93-57(25-31-85)72(109)98-62(38-49-17-13-12-14-18-49)76(113)97-61(36-43(3)4)75(112)94-56(24-30-84)70(107)92-54(22-28-82)69(87)106/h12-21,39-40,43,45,48,54-59,61-62,68,90,102-103H,10-11,22-38,41-42,82-86H2,1-9H3,(H2,87,106)(H,88,104)(H,89,114)(H,91,105)(H,92,107)(H,93,110)(H,94,112)(H,95,108)(H,96,115)(H,97,113)(H,98,109)(H,99,111)/b53-40-/t45-,48-,54+,55+,56+,57+,58+,59+,61+,62-,68+/m1/s1. The van der Waals surface area contributed by atoms with E-state index in [1.54, 1.807) is 83.1 Å². The lowest BCUT2D eigenvalue weighted by molar-refractivity contribution is -0.137. The second-order valence-electron chi connectivity index (χ2n) is 29.3. The fraction of sp³-hybridized carbons (Fsp3) is 0.525. The van der Waals surface area contributed by atoms with Gasteiger partial charge < -0.3 is 113 Å². The summed E-state index contributed by atoms with van der Waals surface area (Å²) in [6.45, 7) is 16.9. The first kappa shape index (κ1) is 99.3. The van der Waals surface area contributed by atoms with Crippen molar-refractivity contribution in [2.45, 2.75) is 192 Å². The molecule has 36 nitrogen and oxygen atoms in total. The third kappa shape index (κ3) is 30.5. The molecule has 1 aliphatic rings. The predicted molar refractivity (Wildman–Crippen MR) is 452 cm³/mol. The summed E-state index contributed by atoms with van der Waals surface area (Å²) in [4.78, 5) is 202. The molecule has 0 aliphatic carbocycles. The van der Waals surface area contributed by atoms with E-state index in [0.717, 1.165) is 41.8 Å². The van der Waals surface area contributed by atoms with Crippen LogP contribution in [-0.4, -0.2) is 241 Å². The van der Waals surface area contributed by atoms with Crippen LogP contribution in [0.1, 0.15) is 153 Å². The van der Waals surface area contributed by atoms with Gasteiger partial charge in [0, 0.05) is 54.3 Å². The van der Waals surface area contributed by atoms with Crippen molar-refractivity contribution in [1.82, 2.24) is 68.4 Å². The summed E-state index contributed by atoms with van der Waals surface area (Å²) in [6.07, 6.45) is -2.94. The van der Waals surface area contributed by atoms with E-state index in [4.69, 9.17) is 34.4 Å². The zero-order valence-corrected chi connectivity index (χ0v) is 70.5. The van der Waals surface area contributed by atoms with Crippen molar-refractivity contribution in [2.75, 3.05) is 76.1 Å². The number of nitrogens with zero attached hydrogens (tertiary/aromatic N) is 2. The number of H-pyrrole nitrogens is 1. The van der Waals surface area contributed by atoms with Crippen molar-refractivity contribution in [2.24, 2.45) is 40.3 Å². The number of carbonyl (C=O) groups excluding carboxylic acids is 14. The van der Waals surface area contributed by atoms with Gasteiger partial charge >= 0.3 is 0 Å². The van der Waals surface area contributed by atoms with Gasteiger partial charge in [0.1, 0.15) is 60.2 Å². The minimum Gasteiger partial charge on any atom is -0.393 e. The lowest BCUT2D eigenvalue weighted by Crippen LogP contribution is -2.62. The van der Waals surface area contributed by atoms with Gasteiger partial charge in [-0.25, -0.2) is 9.29 Å². The first-order valence-electron chi connectivity index (χ1n) is 39.7. The molecule has 5 rings (SSSR count). The molecule has 0 bridgehead atoms. The quantitative estimate of drug-likeness (QED) is 0.0101. The number of aryl methyl sites for hydroxylation is 2. The number of aliphatic hydroxyl groups excluding tert-OH is 2. The molecule has 3 aromatic carbocycles. The smallest absolute Gasteiger partial charge is 0.266 e. The van der Waals surface area contributed by atoms with Crippen LogP contribution in [-0.2, 0) is 69.7 Å². The van der Waals surface area contributed by atoms with Gasteiger partial charge in [-0.2, -0.15) is 0 Å². The third-order valence-electron chi connectivity index (χ3n) is 19.5. The molecule has 2 heterocycles. The van der Waals surface area contributed by atoms with Crippen molar-refractivity contribution in [3.63, 3.8) is 0 Å². The fourth-order valence-electron chi connectivity index (χ4n) is 13.1. The Morgan fingerprint density at radius 1 is 0.563 bits per heavy atom. The van der Waals surface area contributed by atoms with Crippen LogP contribution in [0.2, 0.25) is 0 Å². The van der Waals surface area contributed by atoms with Crippen LogP contribution < -0.4 is 97.8 Å². The molecule has 0 spiro atoms. The Kier molecular flexibility index (Phi) is 41.7. The number of primary amides is 1. The van der Waals surface area contributed by atoms with E-state index in [2.05, 4.69) is 68.4 Å². The van der Waals surface area contributed by atoms with Gasteiger partial charge in [-0.3, -0.25) is 67.1 Å². The Labute approximate surface area is 700 Å². The second-order valence-corrected chi connectivity index (χ2v) is 31.8. The Bertz CT molecular complexity index is 4210. The molecule has 0 fully saturated rings. The van der Waals surface area contributed by atoms with Crippen molar-refractivity contribution in [1.29, 1.82) is 0 Å². The number of hydrogen-bond donors (Lipinski definition) is 20. The number of fused-ring (bicyclic) bond motifs is 1. The van der Waals surface area contributed by atoms with E-state index in [1.807, 2.05) is 13.8 Å². The largest absolute Gasteiger partial charge is 0.393 e. The first-order chi connectivity index (χ1) is 56.6. The van der Waals surface area contributed by atoms with Gasteiger partial charge in [0.15, 0.2) is 0 Å². The number of nitrogens with two attached hydrogens (primary N) is 6. The van der Waals surface area contributed by atoms with Crippen molar-refractivity contribution in [3.8, 4) is 0 Å². The van der Waals surface area contributed by atoms with Gasteiger partial charge in [-0.1, -0.05) is 97.8 Å². The van der Waals surface area contributed by atoms with E-state index in [-0.39, 0.29) is 143 Å². The van der Waals surface area contributed by atoms with Crippen molar-refractivity contribution in [3.05, 3.63) is 123 Å². The molecule has 26 N–H and O–H groups in total. The molecule has 1 aliphatic heterocycles. The SMILES string of the molecule is CCN(CC)CCNC(=O)c1c(C)[nH]c(/C=C2\C(=O)N(C(=O)c3c(C)cccc3CSSCC(=O)N[C@@H](CCN)C(=O)N[C@H](C(=O)N[C@@H](CCN)C(=O)N[C@@H](CCNC(=O)C[C@@H](C)O)C(=O)N[C@@H](CCN)C(=O)N[C@H](Cc3ccccc3)C(=O)N[C@@H](CC(C)C)C(=O)N[C@@H](CCN)C(=O)N[C@@H](CCN)C(N)=O)[C@@H](C)O)c3ccc(F)cc32)c1C. The number of hydrogen-bond acceptors (Lipinski definition) is 24. The molecule has 11 atom stereocenters. The molecular formula is C80H119FN20O16S2. The number of carbonyl (C=O) groups is 14. The molecule has 14 amide bonds. The molecule has 0 saturated carbocycles. The monoisotopic (exact) mass is 1700 g/mol. The number of imide groups is 1. The fourth-order valence-corrected chi connectivity index (χ4v) is 15.1. The average Bonchev–Trinajstić information content (AvgIpc) is 1.60. The van der Waals surface area contributed by atoms with E-state index >= 15 is 4.39 Å². The lowest BCUT2D eigenvalue weighted by Gasteiger charge is -2.29. The maximum atomic E-state index is 15.1. The van der Waals surface area contributed by atoms with Gasteiger partial charge in [0.25, 0.3) is 17.7 Å². The average molecular weight is 1700 g/mol. The zero-order valence-electron chi connectivity index (χ0n) is 68.9. The van der Waals surface area contributed by atoms with E-state index in [0.29, 0.717) is 52.3 Å². The first-order valence-corrected chi connectivity index (χ1v) is 42.2. The minimum atomic E-state index is -1.81. The number of halogens is 1. The number of anilines is 1. The van der Waals surface area contributed by atoms with Gasteiger partial charge in [0.05, 0.1) is 41.2 Å². The molecule has 39 heteroatoms. The Hall–Kier alpha value is -10.2. The van der Waals surface area contributed by atoms with Crippen molar-refractivity contribution >= 4 is 122 Å². The maximum absolute atomic E-state index is 15.1. The third-order valence-corrected chi connectivity index (χ3v) is 21.6. The highest BCUT2D eigenvalue weighted by atomic mass is 33.1. The molecule has 1 aromatic heterocycles. The summed E-state index contributed by atoms with van der Waals surface area (Å²) in [7, 11) is 2.22. The number of rotatable bonds is 51. The summed E-state index contributed by atoms with van der Waals surface area (Å²) < 4.78 is 15.1. The zero-order chi connectivity index (χ0) is 88.3. The lowest BCUT2D eigenvalue weighted by atomic mass is 10.00. The summed E-state index contributed by atoms with van der Waals surface area (Å²) in [5.41, 5.74) is 38.7. The predicted octanol–water partition coefficient (Wildman–Crippen LogP) is -1.70. The van der Waals surface area contributed by atoms with Crippen LogP contribution in [0.5, 0.6) is 0 Å².